The molecule has 36 heavy (non-hydrogen) atoms. The number of carbonyl (C=O) groups excluding carboxylic acids is 2. The van der Waals surface area contributed by atoms with Gasteiger partial charge in [-0.25, -0.2) is 4.79 Å². The number of anilines is 2. The van der Waals surface area contributed by atoms with Crippen LogP contribution in [0.2, 0.25) is 0 Å². The van der Waals surface area contributed by atoms with Crippen molar-refractivity contribution in [1.82, 2.24) is 9.80 Å². The van der Waals surface area contributed by atoms with E-state index in [1.54, 1.807) is 23.1 Å². The summed E-state index contributed by atoms with van der Waals surface area (Å²) in [6.45, 7) is 4.88. The van der Waals surface area contributed by atoms with Gasteiger partial charge in [0.1, 0.15) is 11.9 Å². The van der Waals surface area contributed by atoms with Crippen molar-refractivity contribution in [2.45, 2.75) is 26.0 Å². The fraction of sp³-hybridized carbons (Fsp3) is 0.357. The van der Waals surface area contributed by atoms with Gasteiger partial charge in [0, 0.05) is 30.1 Å². The summed E-state index contributed by atoms with van der Waals surface area (Å²) in [6, 6.07) is 17.9. The molecule has 1 aliphatic heterocycles. The van der Waals surface area contributed by atoms with Crippen LogP contribution in [0.1, 0.15) is 24.2 Å². The average Bonchev–Trinajstić information content (AvgIpc) is 2.86. The second kappa shape index (κ2) is 11.0. The zero-order valence-corrected chi connectivity index (χ0v) is 21.2. The van der Waals surface area contributed by atoms with E-state index in [2.05, 4.69) is 22.5 Å². The lowest BCUT2D eigenvalue weighted by molar-refractivity contribution is 0.0363. The number of hydrogen-bond acceptors (Lipinski definition) is 5. The number of fused-ring (bicyclic) bond motifs is 2. The molecule has 8 nitrogen and oxygen atoms in total. The van der Waals surface area contributed by atoms with Crippen molar-refractivity contribution in [3.63, 3.8) is 0 Å². The molecular formula is C28H34N4O4. The lowest BCUT2D eigenvalue weighted by atomic mass is 9.99. The summed E-state index contributed by atoms with van der Waals surface area (Å²) in [4.78, 5) is 30.1. The van der Waals surface area contributed by atoms with Crippen molar-refractivity contribution in [1.29, 1.82) is 0 Å². The first kappa shape index (κ1) is 25.5. The number of aliphatic hydroxyl groups excluding tert-OH is 1. The van der Waals surface area contributed by atoms with E-state index >= 15 is 0 Å². The van der Waals surface area contributed by atoms with Crippen molar-refractivity contribution in [2.24, 2.45) is 5.92 Å². The van der Waals surface area contributed by atoms with E-state index in [0.29, 0.717) is 35.8 Å². The minimum atomic E-state index is -0.412. The van der Waals surface area contributed by atoms with Gasteiger partial charge in [0.05, 0.1) is 23.9 Å². The van der Waals surface area contributed by atoms with Crippen molar-refractivity contribution in [2.75, 3.05) is 44.4 Å². The third kappa shape index (κ3) is 5.61. The van der Waals surface area contributed by atoms with Gasteiger partial charge in [-0.2, -0.15) is 0 Å². The van der Waals surface area contributed by atoms with E-state index < -0.39 is 6.03 Å². The van der Waals surface area contributed by atoms with Crippen LogP contribution in [0.3, 0.4) is 0 Å². The molecule has 0 spiro atoms. The lowest BCUT2D eigenvalue weighted by Crippen LogP contribution is -2.49. The number of amides is 3. The topological polar surface area (TPSA) is 94.1 Å². The molecule has 0 radical (unpaired) electrons. The van der Waals surface area contributed by atoms with Crippen LogP contribution in [-0.2, 0) is 0 Å². The molecule has 3 amide bonds. The highest BCUT2D eigenvalue weighted by Gasteiger charge is 2.33. The molecule has 1 heterocycles. The van der Waals surface area contributed by atoms with Crippen LogP contribution in [0, 0.1) is 5.92 Å². The summed E-state index contributed by atoms with van der Waals surface area (Å²) in [6.07, 6.45) is -0.145. The highest BCUT2D eigenvalue weighted by atomic mass is 16.5. The van der Waals surface area contributed by atoms with Crippen LogP contribution >= 0.6 is 0 Å². The number of ether oxygens (including phenoxy) is 1. The number of rotatable bonds is 6. The van der Waals surface area contributed by atoms with Crippen LogP contribution in [0.5, 0.6) is 5.75 Å². The summed E-state index contributed by atoms with van der Waals surface area (Å²) >= 11 is 0. The molecule has 3 aromatic carbocycles. The molecule has 0 unspecified atom stereocenters. The summed E-state index contributed by atoms with van der Waals surface area (Å²) in [5, 5.41) is 17.5. The zero-order chi connectivity index (χ0) is 25.8. The van der Waals surface area contributed by atoms with Crippen molar-refractivity contribution < 1.29 is 19.4 Å². The number of aliphatic hydroxyl groups is 1. The number of likely N-dealkylation sites (N-methyl/N-ethyl adjacent to an activating group) is 1. The standard InChI is InChI=1S/C28H34N4O4/c1-18-15-32(19(2)17-33)27(34)23-14-21(12-13-25(23)36-26(18)16-31(3)4)29-28(35)30-24-11-7-9-20-8-5-6-10-22(20)24/h5-14,18-19,26,33H,15-17H2,1-4H3,(H2,29,30,35)/t18-,19-,26-/m1/s1. The Morgan fingerprint density at radius 2 is 1.89 bits per heavy atom. The lowest BCUT2D eigenvalue weighted by Gasteiger charge is -2.37. The maximum atomic E-state index is 13.5. The normalized spacial score (nSPS) is 18.7. The summed E-state index contributed by atoms with van der Waals surface area (Å²) < 4.78 is 6.32. The minimum Gasteiger partial charge on any atom is -0.488 e. The summed E-state index contributed by atoms with van der Waals surface area (Å²) in [5.41, 5.74) is 1.52. The molecule has 0 aromatic heterocycles. The largest absolute Gasteiger partial charge is 0.488 e. The van der Waals surface area contributed by atoms with Crippen LogP contribution in [-0.4, -0.2) is 72.8 Å². The fourth-order valence-corrected chi connectivity index (χ4v) is 4.50. The van der Waals surface area contributed by atoms with Crippen LogP contribution in [0.15, 0.2) is 60.7 Å². The highest BCUT2D eigenvalue weighted by molar-refractivity contribution is 6.07. The first-order chi connectivity index (χ1) is 17.3. The van der Waals surface area contributed by atoms with Gasteiger partial charge in [-0.3, -0.25) is 4.79 Å². The quantitative estimate of drug-likeness (QED) is 0.480. The Morgan fingerprint density at radius 1 is 1.14 bits per heavy atom. The first-order valence-electron chi connectivity index (χ1n) is 12.2. The molecule has 3 aromatic rings. The van der Waals surface area contributed by atoms with Gasteiger partial charge in [-0.1, -0.05) is 43.3 Å². The van der Waals surface area contributed by atoms with E-state index in [4.69, 9.17) is 4.74 Å². The zero-order valence-electron chi connectivity index (χ0n) is 21.2. The average molecular weight is 491 g/mol. The predicted molar refractivity (Wildman–Crippen MR) is 143 cm³/mol. The number of urea groups is 1. The third-order valence-corrected chi connectivity index (χ3v) is 6.51. The second-order valence-corrected chi connectivity index (χ2v) is 9.70. The molecule has 4 rings (SSSR count). The van der Waals surface area contributed by atoms with Gasteiger partial charge in [0.15, 0.2) is 0 Å². The maximum Gasteiger partial charge on any atom is 0.323 e. The van der Waals surface area contributed by atoms with Crippen molar-refractivity contribution >= 4 is 34.1 Å². The molecule has 8 heteroatoms. The van der Waals surface area contributed by atoms with Crippen LogP contribution in [0.25, 0.3) is 10.8 Å². The molecule has 190 valence electrons. The highest BCUT2D eigenvalue weighted by Crippen LogP contribution is 2.31. The summed E-state index contributed by atoms with van der Waals surface area (Å²) in [5.74, 6) is 0.288. The van der Waals surface area contributed by atoms with Gasteiger partial charge < -0.3 is 30.3 Å². The second-order valence-electron chi connectivity index (χ2n) is 9.70. The number of benzene rings is 3. The molecule has 3 N–H and O–H groups in total. The van der Waals surface area contributed by atoms with Gasteiger partial charge in [0.25, 0.3) is 5.91 Å². The monoisotopic (exact) mass is 490 g/mol. The number of nitrogens with one attached hydrogen (secondary N) is 2. The van der Waals surface area contributed by atoms with Crippen molar-refractivity contribution in [3.8, 4) is 5.75 Å². The molecule has 0 bridgehead atoms. The Kier molecular flexibility index (Phi) is 7.76. The van der Waals surface area contributed by atoms with Gasteiger partial charge in [-0.15, -0.1) is 0 Å². The van der Waals surface area contributed by atoms with E-state index in [-0.39, 0.29) is 30.6 Å². The summed E-state index contributed by atoms with van der Waals surface area (Å²) in [7, 11) is 3.97. The molecule has 0 saturated carbocycles. The van der Waals surface area contributed by atoms with E-state index in [1.165, 1.54) is 0 Å². The van der Waals surface area contributed by atoms with E-state index in [0.717, 1.165) is 10.8 Å². The predicted octanol–water partition coefficient (Wildman–Crippen LogP) is 4.27. The first-order valence-corrected chi connectivity index (χ1v) is 12.2. The Hall–Kier alpha value is -3.62. The van der Waals surface area contributed by atoms with Gasteiger partial charge >= 0.3 is 6.03 Å². The molecule has 3 atom stereocenters. The SMILES string of the molecule is C[C@@H]1CN([C@H](C)CO)C(=O)c2cc(NC(=O)Nc3cccc4ccccc34)ccc2O[C@@H]1CN(C)C. The van der Waals surface area contributed by atoms with Crippen LogP contribution < -0.4 is 15.4 Å². The Balaban J connectivity index is 1.61. The number of nitrogens with zero attached hydrogens (tertiary/aromatic N) is 2. The van der Waals surface area contributed by atoms with E-state index in [9.17, 15) is 14.7 Å². The van der Waals surface area contributed by atoms with E-state index in [1.807, 2.05) is 63.5 Å². The molecule has 0 aliphatic carbocycles. The Bertz CT molecular complexity index is 1240. The minimum absolute atomic E-state index is 0.0581. The van der Waals surface area contributed by atoms with Crippen LogP contribution in [0.4, 0.5) is 16.2 Å². The number of carbonyl (C=O) groups is 2. The smallest absolute Gasteiger partial charge is 0.323 e. The third-order valence-electron chi connectivity index (χ3n) is 6.51. The number of hydrogen-bond donors (Lipinski definition) is 3. The van der Waals surface area contributed by atoms with Gasteiger partial charge in [-0.05, 0) is 50.7 Å². The maximum absolute atomic E-state index is 13.5. The molecular weight excluding hydrogens is 456 g/mol. The van der Waals surface area contributed by atoms with Crippen molar-refractivity contribution in [3.05, 3.63) is 66.2 Å². The molecule has 1 aliphatic rings. The van der Waals surface area contributed by atoms with Gasteiger partial charge in [0.2, 0.25) is 0 Å². The fourth-order valence-electron chi connectivity index (χ4n) is 4.50. The molecule has 0 saturated heterocycles. The Morgan fingerprint density at radius 3 is 2.64 bits per heavy atom. The Labute approximate surface area is 211 Å². The molecule has 0 fully saturated rings.